The fourth-order valence-electron chi connectivity index (χ4n) is 1.75. The molecule has 1 aromatic rings. The third kappa shape index (κ3) is 4.03. The Morgan fingerprint density at radius 1 is 1.00 bits per heavy atom. The molecule has 0 aliphatic heterocycles. The van der Waals surface area contributed by atoms with Crippen molar-refractivity contribution >= 4 is 11.6 Å². The van der Waals surface area contributed by atoms with Crippen LogP contribution in [0.2, 0.25) is 0 Å². The summed E-state index contributed by atoms with van der Waals surface area (Å²) in [5.41, 5.74) is 3.62. The van der Waals surface area contributed by atoms with E-state index in [1.165, 1.54) is 16.7 Å². The minimum atomic E-state index is 0.530. The lowest BCUT2D eigenvalue weighted by Gasteiger charge is -2.13. The lowest BCUT2D eigenvalue weighted by Crippen LogP contribution is -2.09. The molecule has 0 saturated carbocycles. The van der Waals surface area contributed by atoms with Crippen LogP contribution in [0.5, 0.6) is 5.75 Å². The average molecular weight is 243 g/mol. The van der Waals surface area contributed by atoms with Gasteiger partial charge in [-0.3, -0.25) is 0 Å². The van der Waals surface area contributed by atoms with E-state index in [0.717, 1.165) is 5.75 Å². The van der Waals surface area contributed by atoms with Crippen LogP contribution >= 0.6 is 11.6 Å². The first-order valence-electron chi connectivity index (χ1n) is 5.49. The van der Waals surface area contributed by atoms with Crippen LogP contribution in [0.25, 0.3) is 0 Å². The summed E-state index contributed by atoms with van der Waals surface area (Å²) >= 11 is 5.50. The maximum atomic E-state index is 5.70. The number of alkyl halides is 1. The molecule has 0 amide bonds. The zero-order valence-corrected chi connectivity index (χ0v) is 10.9. The van der Waals surface area contributed by atoms with Crippen molar-refractivity contribution in [3.05, 3.63) is 28.8 Å². The van der Waals surface area contributed by atoms with E-state index >= 15 is 0 Å². The van der Waals surface area contributed by atoms with E-state index in [4.69, 9.17) is 21.1 Å². The molecule has 3 heteroatoms. The number of aryl methyl sites for hydroxylation is 3. The number of hydrogen-bond donors (Lipinski definition) is 0. The van der Waals surface area contributed by atoms with Crippen molar-refractivity contribution in [1.82, 2.24) is 0 Å². The summed E-state index contributed by atoms with van der Waals surface area (Å²) in [6, 6.07) is 4.25. The second kappa shape index (κ2) is 6.77. The van der Waals surface area contributed by atoms with Gasteiger partial charge in [0.15, 0.2) is 0 Å². The Hall–Kier alpha value is -0.730. The van der Waals surface area contributed by atoms with Gasteiger partial charge in [0.2, 0.25) is 0 Å². The van der Waals surface area contributed by atoms with Gasteiger partial charge in [-0.05, 0) is 31.9 Å². The van der Waals surface area contributed by atoms with Gasteiger partial charge in [0.25, 0.3) is 0 Å². The number of rotatable bonds is 6. The molecule has 0 heterocycles. The molecule has 0 fully saturated rings. The Kier molecular flexibility index (Phi) is 5.64. The number of hydrogen-bond acceptors (Lipinski definition) is 2. The van der Waals surface area contributed by atoms with E-state index in [-0.39, 0.29) is 0 Å². The van der Waals surface area contributed by atoms with Crippen LogP contribution in [0.15, 0.2) is 12.1 Å². The van der Waals surface area contributed by atoms with Crippen LogP contribution in [0.3, 0.4) is 0 Å². The molecule has 1 aromatic carbocycles. The Morgan fingerprint density at radius 3 is 2.19 bits per heavy atom. The molecule has 0 radical (unpaired) electrons. The van der Waals surface area contributed by atoms with Crippen LogP contribution in [-0.4, -0.2) is 25.7 Å². The molecule has 0 N–H and O–H groups in total. The number of halogens is 1. The highest BCUT2D eigenvalue weighted by Crippen LogP contribution is 2.24. The van der Waals surface area contributed by atoms with Gasteiger partial charge in [-0.15, -0.1) is 11.6 Å². The highest BCUT2D eigenvalue weighted by atomic mass is 35.5. The molecule has 2 nitrogen and oxygen atoms in total. The van der Waals surface area contributed by atoms with Crippen molar-refractivity contribution in [2.45, 2.75) is 20.8 Å². The summed E-state index contributed by atoms with van der Waals surface area (Å²) in [6.45, 7) is 7.95. The standard InChI is InChI=1S/C13H19ClO2/c1-10-8-11(2)13(12(3)9-10)16-7-6-15-5-4-14/h8-9H,4-7H2,1-3H3. The van der Waals surface area contributed by atoms with Crippen molar-refractivity contribution in [1.29, 1.82) is 0 Å². The fraction of sp³-hybridized carbons (Fsp3) is 0.538. The van der Waals surface area contributed by atoms with Gasteiger partial charge in [-0.1, -0.05) is 17.7 Å². The lowest BCUT2D eigenvalue weighted by molar-refractivity contribution is 0.111. The molecule has 0 aliphatic carbocycles. The Bertz CT molecular complexity index is 314. The summed E-state index contributed by atoms with van der Waals surface area (Å²) in [5, 5.41) is 0. The highest BCUT2D eigenvalue weighted by Gasteiger charge is 2.04. The Balaban J connectivity index is 2.47. The van der Waals surface area contributed by atoms with Crippen LogP contribution in [0.4, 0.5) is 0 Å². The first-order chi connectivity index (χ1) is 7.65. The second-order valence-corrected chi connectivity index (χ2v) is 4.26. The van der Waals surface area contributed by atoms with Crippen LogP contribution in [-0.2, 0) is 4.74 Å². The predicted octanol–water partition coefficient (Wildman–Crippen LogP) is 3.25. The van der Waals surface area contributed by atoms with Gasteiger partial charge in [-0.2, -0.15) is 0 Å². The molecule has 0 aromatic heterocycles. The van der Waals surface area contributed by atoms with E-state index in [1.54, 1.807) is 0 Å². The summed E-state index contributed by atoms with van der Waals surface area (Å²) in [4.78, 5) is 0. The topological polar surface area (TPSA) is 18.5 Å². The molecule has 0 aliphatic rings. The quantitative estimate of drug-likeness (QED) is 0.563. The van der Waals surface area contributed by atoms with E-state index in [0.29, 0.717) is 25.7 Å². The van der Waals surface area contributed by atoms with Crippen molar-refractivity contribution in [3.8, 4) is 5.75 Å². The SMILES string of the molecule is Cc1cc(C)c(OCCOCCCl)c(C)c1. The minimum Gasteiger partial charge on any atom is -0.491 e. The summed E-state index contributed by atoms with van der Waals surface area (Å²) in [7, 11) is 0. The maximum Gasteiger partial charge on any atom is 0.125 e. The smallest absolute Gasteiger partial charge is 0.125 e. The first-order valence-corrected chi connectivity index (χ1v) is 6.03. The van der Waals surface area contributed by atoms with Gasteiger partial charge >= 0.3 is 0 Å². The van der Waals surface area contributed by atoms with E-state index in [2.05, 4.69) is 32.9 Å². The van der Waals surface area contributed by atoms with Crippen molar-refractivity contribution in [3.63, 3.8) is 0 Å². The van der Waals surface area contributed by atoms with Crippen molar-refractivity contribution in [2.24, 2.45) is 0 Å². The molecule has 0 atom stereocenters. The van der Waals surface area contributed by atoms with Gasteiger partial charge in [-0.25, -0.2) is 0 Å². The molecule has 1 rings (SSSR count). The molecule has 0 unspecified atom stereocenters. The third-order valence-electron chi connectivity index (χ3n) is 2.30. The number of benzene rings is 1. The molecule has 0 spiro atoms. The van der Waals surface area contributed by atoms with Gasteiger partial charge < -0.3 is 9.47 Å². The average Bonchev–Trinajstić information content (AvgIpc) is 2.20. The summed E-state index contributed by atoms with van der Waals surface area (Å²) in [5.74, 6) is 1.50. The second-order valence-electron chi connectivity index (χ2n) is 3.88. The van der Waals surface area contributed by atoms with Crippen molar-refractivity contribution < 1.29 is 9.47 Å². The molecular formula is C13H19ClO2. The zero-order chi connectivity index (χ0) is 12.0. The Labute approximate surface area is 103 Å². The largest absolute Gasteiger partial charge is 0.491 e. The summed E-state index contributed by atoms with van der Waals surface area (Å²) < 4.78 is 11.0. The Morgan fingerprint density at radius 2 is 1.62 bits per heavy atom. The lowest BCUT2D eigenvalue weighted by atomic mass is 10.1. The van der Waals surface area contributed by atoms with Crippen LogP contribution in [0.1, 0.15) is 16.7 Å². The predicted molar refractivity (Wildman–Crippen MR) is 67.7 cm³/mol. The molecule has 0 saturated heterocycles. The van der Waals surface area contributed by atoms with E-state index < -0.39 is 0 Å². The van der Waals surface area contributed by atoms with Crippen LogP contribution < -0.4 is 4.74 Å². The highest BCUT2D eigenvalue weighted by molar-refractivity contribution is 6.17. The van der Waals surface area contributed by atoms with Gasteiger partial charge in [0, 0.05) is 5.88 Å². The van der Waals surface area contributed by atoms with Crippen LogP contribution in [0, 0.1) is 20.8 Å². The molecule has 16 heavy (non-hydrogen) atoms. The number of ether oxygens (including phenoxy) is 2. The molecule has 0 bridgehead atoms. The molecule has 90 valence electrons. The zero-order valence-electron chi connectivity index (χ0n) is 10.2. The molecular weight excluding hydrogens is 224 g/mol. The fourth-order valence-corrected chi connectivity index (χ4v) is 1.86. The van der Waals surface area contributed by atoms with Crippen molar-refractivity contribution in [2.75, 3.05) is 25.7 Å². The normalized spacial score (nSPS) is 10.5. The third-order valence-corrected chi connectivity index (χ3v) is 2.45. The first kappa shape index (κ1) is 13.3. The summed E-state index contributed by atoms with van der Waals surface area (Å²) in [6.07, 6.45) is 0. The van der Waals surface area contributed by atoms with Gasteiger partial charge in [0.1, 0.15) is 12.4 Å². The minimum absolute atomic E-state index is 0.530. The van der Waals surface area contributed by atoms with E-state index in [1.807, 2.05) is 0 Å². The monoisotopic (exact) mass is 242 g/mol. The maximum absolute atomic E-state index is 5.70. The van der Waals surface area contributed by atoms with Gasteiger partial charge in [0.05, 0.1) is 13.2 Å². The van der Waals surface area contributed by atoms with E-state index in [9.17, 15) is 0 Å².